The highest BCUT2D eigenvalue weighted by Crippen LogP contribution is 2.19. The number of H-pyrrole nitrogens is 1. The number of benzene rings is 2. The fourth-order valence-corrected chi connectivity index (χ4v) is 3.98. The summed E-state index contributed by atoms with van der Waals surface area (Å²) >= 11 is 0. The van der Waals surface area contributed by atoms with Crippen LogP contribution in [-0.2, 0) is 36.8 Å². The number of aromatic nitrogens is 1. The van der Waals surface area contributed by atoms with E-state index in [2.05, 4.69) is 20.9 Å². The zero-order valence-corrected chi connectivity index (χ0v) is 20.7. The average molecular weight is 540 g/mol. The minimum atomic E-state index is -1.64. The maximum absolute atomic E-state index is 13.1. The lowest BCUT2D eigenvalue weighted by Crippen LogP contribution is -2.57. The first kappa shape index (κ1) is 28.7. The van der Waals surface area contributed by atoms with Crippen molar-refractivity contribution < 1.29 is 39.3 Å². The Morgan fingerprint density at radius 2 is 1.46 bits per heavy atom. The first-order valence-corrected chi connectivity index (χ1v) is 11.9. The summed E-state index contributed by atoms with van der Waals surface area (Å²) in [5.74, 6) is -5.35. The Morgan fingerprint density at radius 3 is 2.10 bits per heavy atom. The smallest absolute Gasteiger partial charge is 0.326 e. The fraction of sp³-hybridized carbons (Fsp3) is 0.269. The van der Waals surface area contributed by atoms with Gasteiger partial charge in [0.05, 0.1) is 13.0 Å². The third-order valence-electron chi connectivity index (χ3n) is 5.94. The van der Waals surface area contributed by atoms with Crippen molar-refractivity contribution >= 4 is 40.6 Å². The van der Waals surface area contributed by atoms with Crippen LogP contribution in [0.15, 0.2) is 54.7 Å². The van der Waals surface area contributed by atoms with Crippen LogP contribution >= 0.6 is 0 Å². The van der Waals surface area contributed by atoms with Crippen LogP contribution in [0.5, 0.6) is 5.75 Å². The third-order valence-corrected chi connectivity index (χ3v) is 5.94. The number of carbonyl (C=O) groups is 5. The molecule has 0 aliphatic carbocycles. The molecule has 0 saturated carbocycles. The predicted molar refractivity (Wildman–Crippen MR) is 139 cm³/mol. The van der Waals surface area contributed by atoms with E-state index in [1.54, 1.807) is 18.3 Å². The number of nitrogens with two attached hydrogens (primary N) is 1. The van der Waals surface area contributed by atoms with Gasteiger partial charge >= 0.3 is 11.9 Å². The highest BCUT2D eigenvalue weighted by Gasteiger charge is 2.31. The molecule has 3 atom stereocenters. The van der Waals surface area contributed by atoms with E-state index in [1.165, 1.54) is 24.3 Å². The maximum Gasteiger partial charge on any atom is 0.326 e. The van der Waals surface area contributed by atoms with E-state index in [0.717, 1.165) is 10.9 Å². The van der Waals surface area contributed by atoms with Gasteiger partial charge in [-0.1, -0.05) is 30.3 Å². The number of aromatic hydroxyl groups is 1. The first-order valence-electron chi connectivity index (χ1n) is 11.9. The number of hydrogen-bond acceptors (Lipinski definition) is 7. The van der Waals surface area contributed by atoms with Crippen LogP contribution in [0.25, 0.3) is 10.9 Å². The number of fused-ring (bicyclic) bond motifs is 1. The van der Waals surface area contributed by atoms with Crippen LogP contribution in [0, 0.1) is 0 Å². The molecule has 3 aromatic rings. The summed E-state index contributed by atoms with van der Waals surface area (Å²) in [6.45, 7) is -0.424. The zero-order chi connectivity index (χ0) is 28.5. The number of aliphatic carboxylic acids is 2. The quantitative estimate of drug-likeness (QED) is 0.142. The molecule has 3 unspecified atom stereocenters. The summed E-state index contributed by atoms with van der Waals surface area (Å²) in [6.07, 6.45) is 0.623. The number of hydrogen-bond donors (Lipinski definition) is 8. The SMILES string of the molecule is NCC(=O)NC(Cc1ccc(O)cc1)C(=O)NC(CC(=O)O)C(=O)NC(Cc1c[nH]c2ccccc12)C(=O)O. The summed E-state index contributed by atoms with van der Waals surface area (Å²) in [5, 5.41) is 36.3. The van der Waals surface area contributed by atoms with Gasteiger partial charge in [-0.2, -0.15) is 0 Å². The molecule has 1 heterocycles. The van der Waals surface area contributed by atoms with Crippen molar-refractivity contribution in [2.75, 3.05) is 6.54 Å². The van der Waals surface area contributed by atoms with Crippen molar-refractivity contribution in [1.82, 2.24) is 20.9 Å². The molecule has 206 valence electrons. The van der Waals surface area contributed by atoms with Crippen molar-refractivity contribution in [3.8, 4) is 5.75 Å². The lowest BCUT2D eigenvalue weighted by atomic mass is 10.0. The molecule has 0 fully saturated rings. The lowest BCUT2D eigenvalue weighted by molar-refractivity contribution is -0.143. The highest BCUT2D eigenvalue weighted by atomic mass is 16.4. The maximum atomic E-state index is 13.1. The number of aromatic amines is 1. The molecular formula is C26H29N5O8. The van der Waals surface area contributed by atoms with Gasteiger partial charge in [-0.25, -0.2) is 4.79 Å². The van der Waals surface area contributed by atoms with Crippen LogP contribution in [-0.4, -0.2) is 74.6 Å². The molecule has 39 heavy (non-hydrogen) atoms. The van der Waals surface area contributed by atoms with Gasteiger partial charge in [0.15, 0.2) is 0 Å². The monoisotopic (exact) mass is 539 g/mol. The van der Waals surface area contributed by atoms with Crippen molar-refractivity contribution in [3.63, 3.8) is 0 Å². The minimum absolute atomic E-state index is 0.00967. The Labute approximate surface area is 222 Å². The van der Waals surface area contributed by atoms with Crippen molar-refractivity contribution in [2.45, 2.75) is 37.4 Å². The molecule has 9 N–H and O–H groups in total. The molecule has 0 aliphatic heterocycles. The molecule has 0 saturated heterocycles. The number of carboxylic acids is 2. The predicted octanol–water partition coefficient (Wildman–Crippen LogP) is -0.369. The summed E-state index contributed by atoms with van der Waals surface area (Å²) in [4.78, 5) is 64.5. The first-order chi connectivity index (χ1) is 18.6. The largest absolute Gasteiger partial charge is 0.508 e. The van der Waals surface area contributed by atoms with Crippen molar-refractivity contribution in [3.05, 3.63) is 65.9 Å². The highest BCUT2D eigenvalue weighted by molar-refractivity contribution is 5.95. The summed E-state index contributed by atoms with van der Waals surface area (Å²) < 4.78 is 0. The van der Waals surface area contributed by atoms with Gasteiger partial charge in [-0.05, 0) is 29.3 Å². The van der Waals surface area contributed by atoms with Gasteiger partial charge in [-0.15, -0.1) is 0 Å². The van der Waals surface area contributed by atoms with E-state index in [1.807, 2.05) is 12.1 Å². The normalized spacial score (nSPS) is 13.2. The van der Waals surface area contributed by atoms with Crippen LogP contribution in [0.4, 0.5) is 0 Å². The van der Waals surface area contributed by atoms with Gasteiger partial charge in [0.25, 0.3) is 0 Å². The number of amides is 3. The van der Waals surface area contributed by atoms with Gasteiger partial charge in [-0.3, -0.25) is 19.2 Å². The van der Waals surface area contributed by atoms with Crippen LogP contribution in [0.3, 0.4) is 0 Å². The molecule has 13 nitrogen and oxygen atoms in total. The second-order valence-corrected chi connectivity index (χ2v) is 8.82. The molecule has 0 spiro atoms. The molecule has 1 aromatic heterocycles. The third kappa shape index (κ3) is 8.04. The van der Waals surface area contributed by atoms with E-state index in [9.17, 15) is 39.3 Å². The summed E-state index contributed by atoms with van der Waals surface area (Å²) in [7, 11) is 0. The zero-order valence-electron chi connectivity index (χ0n) is 20.7. The number of carbonyl (C=O) groups excluding carboxylic acids is 3. The molecule has 0 bridgehead atoms. The fourth-order valence-electron chi connectivity index (χ4n) is 3.98. The summed E-state index contributed by atoms with van der Waals surface area (Å²) in [6, 6.07) is 8.70. The molecule has 0 radical (unpaired) electrons. The Balaban J connectivity index is 1.77. The van der Waals surface area contributed by atoms with Crippen molar-refractivity contribution in [1.29, 1.82) is 0 Å². The van der Waals surface area contributed by atoms with Crippen LogP contribution < -0.4 is 21.7 Å². The standard InChI is InChI=1S/C26H29N5O8/c27-12-22(33)29-19(9-14-5-7-16(32)8-6-14)24(36)30-20(11-23(34)35)25(37)31-21(26(38)39)10-15-13-28-18-4-2-1-3-17(15)18/h1-8,13,19-21,28,32H,9-12,27H2,(H,29,33)(H,30,36)(H,31,37)(H,34,35)(H,38,39). The van der Waals surface area contributed by atoms with Gasteiger partial charge in [0, 0.05) is 29.9 Å². The Hall–Kier alpha value is -4.91. The van der Waals surface area contributed by atoms with E-state index >= 15 is 0 Å². The molecule has 2 aromatic carbocycles. The molecule has 3 amide bonds. The Kier molecular flexibility index (Phi) is 9.59. The van der Waals surface area contributed by atoms with Gasteiger partial charge in [0.1, 0.15) is 23.9 Å². The van der Waals surface area contributed by atoms with Crippen LogP contribution in [0.1, 0.15) is 17.5 Å². The molecule has 0 aliphatic rings. The number of nitrogens with one attached hydrogen (secondary N) is 4. The Bertz CT molecular complexity index is 1350. The molecule has 3 rings (SSSR count). The second kappa shape index (κ2) is 13.1. The van der Waals surface area contributed by atoms with Gasteiger partial charge in [0.2, 0.25) is 17.7 Å². The Morgan fingerprint density at radius 1 is 0.821 bits per heavy atom. The van der Waals surface area contributed by atoms with E-state index in [4.69, 9.17) is 5.73 Å². The second-order valence-electron chi connectivity index (χ2n) is 8.82. The van der Waals surface area contributed by atoms with E-state index < -0.39 is 60.8 Å². The molecular weight excluding hydrogens is 510 g/mol. The number of carboxylic acid groups (broad SMARTS) is 2. The lowest BCUT2D eigenvalue weighted by Gasteiger charge is -2.24. The van der Waals surface area contributed by atoms with Crippen molar-refractivity contribution in [2.24, 2.45) is 5.73 Å². The topological polar surface area (TPSA) is 224 Å². The van der Waals surface area contributed by atoms with Crippen LogP contribution in [0.2, 0.25) is 0 Å². The number of rotatable bonds is 13. The summed E-state index contributed by atoms with van der Waals surface area (Å²) in [5.41, 5.74) is 7.29. The van der Waals surface area contributed by atoms with Gasteiger partial charge < -0.3 is 42.0 Å². The number of phenolic OH excluding ortho intramolecular Hbond substituents is 1. The van der Waals surface area contributed by atoms with E-state index in [-0.39, 0.29) is 18.6 Å². The molecule has 13 heteroatoms. The number of para-hydroxylation sites is 1. The average Bonchev–Trinajstić information content (AvgIpc) is 3.31. The minimum Gasteiger partial charge on any atom is -0.508 e. The van der Waals surface area contributed by atoms with E-state index in [0.29, 0.717) is 11.1 Å². The number of phenols is 1.